The van der Waals surface area contributed by atoms with Crippen LogP contribution in [0.3, 0.4) is 0 Å². The summed E-state index contributed by atoms with van der Waals surface area (Å²) in [6.07, 6.45) is 0. The molecule has 1 atom stereocenters. The Morgan fingerprint density at radius 2 is 1.91 bits per heavy atom. The Bertz CT molecular complexity index is 1400. The molecule has 0 radical (unpaired) electrons. The van der Waals surface area contributed by atoms with Gasteiger partial charge in [-0.3, -0.25) is 9.89 Å². The Labute approximate surface area is 200 Å². The minimum Gasteiger partial charge on any atom is -0.497 e. The number of benzene rings is 3. The topological polar surface area (TPSA) is 76.7 Å². The molecule has 1 aromatic heterocycles. The number of hydrogen-bond acceptors (Lipinski definition) is 5. The van der Waals surface area contributed by atoms with Crippen molar-refractivity contribution in [3.8, 4) is 28.5 Å². The molecule has 0 saturated heterocycles. The number of nitrogens with zero attached hydrogens (tertiary/aromatic N) is 2. The molecule has 2 aliphatic rings. The van der Waals surface area contributed by atoms with Gasteiger partial charge in [-0.05, 0) is 59.7 Å². The lowest BCUT2D eigenvalue weighted by molar-refractivity contribution is 0.0730. The van der Waals surface area contributed by atoms with Crippen molar-refractivity contribution in [3.63, 3.8) is 0 Å². The van der Waals surface area contributed by atoms with Gasteiger partial charge in [0.25, 0.3) is 5.91 Å². The summed E-state index contributed by atoms with van der Waals surface area (Å²) in [5.41, 5.74) is 4.78. The first-order valence-corrected chi connectivity index (χ1v) is 11.2. The molecule has 0 spiro atoms. The fraction of sp³-hybridized carbons (Fsp3) is 0.154. The third-order valence-corrected chi connectivity index (χ3v) is 6.42. The Balaban J connectivity index is 1.45. The van der Waals surface area contributed by atoms with E-state index in [1.165, 1.54) is 0 Å². The minimum atomic E-state index is -0.359. The average molecular weight is 474 g/mol. The van der Waals surface area contributed by atoms with Gasteiger partial charge in [-0.25, -0.2) is 0 Å². The summed E-state index contributed by atoms with van der Waals surface area (Å²) in [4.78, 5) is 15.4. The molecular weight excluding hydrogens is 454 g/mol. The monoisotopic (exact) mass is 473 g/mol. The number of amides is 1. The fourth-order valence-electron chi connectivity index (χ4n) is 4.59. The van der Waals surface area contributed by atoms with Crippen LogP contribution in [0.2, 0.25) is 5.02 Å². The van der Waals surface area contributed by atoms with Crippen LogP contribution in [-0.4, -0.2) is 34.9 Å². The zero-order valence-electron chi connectivity index (χ0n) is 18.2. The van der Waals surface area contributed by atoms with Crippen LogP contribution in [0.1, 0.15) is 33.2 Å². The third-order valence-electron chi connectivity index (χ3n) is 6.18. The Kier molecular flexibility index (Phi) is 4.92. The van der Waals surface area contributed by atoms with Gasteiger partial charge in [0.05, 0.1) is 18.8 Å². The molecule has 34 heavy (non-hydrogen) atoms. The van der Waals surface area contributed by atoms with Gasteiger partial charge >= 0.3 is 0 Å². The van der Waals surface area contributed by atoms with E-state index in [1.54, 1.807) is 7.11 Å². The van der Waals surface area contributed by atoms with Crippen LogP contribution in [-0.2, 0) is 6.54 Å². The molecule has 3 aromatic carbocycles. The zero-order chi connectivity index (χ0) is 23.2. The molecular formula is C26H20ClN3O4. The molecule has 4 aromatic rings. The normalized spacial score (nSPS) is 16.1. The fourth-order valence-corrected chi connectivity index (χ4v) is 4.79. The molecule has 0 fully saturated rings. The lowest BCUT2D eigenvalue weighted by Gasteiger charge is -2.26. The van der Waals surface area contributed by atoms with Gasteiger partial charge in [0.1, 0.15) is 11.4 Å². The number of rotatable bonds is 5. The molecule has 1 amide bonds. The second-order valence-electron chi connectivity index (χ2n) is 8.17. The third kappa shape index (κ3) is 3.36. The highest BCUT2D eigenvalue weighted by atomic mass is 35.5. The second-order valence-corrected chi connectivity index (χ2v) is 8.60. The number of nitrogens with one attached hydrogen (secondary N) is 1. The van der Waals surface area contributed by atoms with E-state index in [1.807, 2.05) is 71.6 Å². The molecule has 170 valence electrons. The number of aromatic nitrogens is 2. The van der Waals surface area contributed by atoms with Crippen LogP contribution in [0.25, 0.3) is 11.3 Å². The number of carbonyl (C=O) groups excluding carboxylic acids is 1. The number of fused-ring (bicyclic) bond motifs is 2. The minimum absolute atomic E-state index is 0.120. The zero-order valence-corrected chi connectivity index (χ0v) is 19.0. The van der Waals surface area contributed by atoms with Crippen LogP contribution in [0.15, 0.2) is 66.7 Å². The number of ether oxygens (including phenoxy) is 3. The Morgan fingerprint density at radius 1 is 1.09 bits per heavy atom. The van der Waals surface area contributed by atoms with Crippen molar-refractivity contribution in [1.82, 2.24) is 15.1 Å². The van der Waals surface area contributed by atoms with E-state index >= 15 is 0 Å². The van der Waals surface area contributed by atoms with E-state index in [4.69, 9.17) is 25.8 Å². The highest BCUT2D eigenvalue weighted by molar-refractivity contribution is 6.30. The maximum absolute atomic E-state index is 13.6. The Hall–Kier alpha value is -3.97. The summed E-state index contributed by atoms with van der Waals surface area (Å²) in [6, 6.07) is 20.6. The second kappa shape index (κ2) is 8.11. The van der Waals surface area contributed by atoms with Gasteiger partial charge in [0, 0.05) is 22.7 Å². The molecule has 0 aliphatic carbocycles. The van der Waals surface area contributed by atoms with Crippen LogP contribution >= 0.6 is 11.6 Å². The maximum Gasteiger partial charge on any atom is 0.273 e. The molecule has 1 N–H and O–H groups in total. The first-order valence-electron chi connectivity index (χ1n) is 10.8. The smallest absolute Gasteiger partial charge is 0.273 e. The molecule has 7 nitrogen and oxygen atoms in total. The number of carbonyl (C=O) groups is 1. The van der Waals surface area contributed by atoms with Crippen molar-refractivity contribution in [2.45, 2.75) is 12.6 Å². The van der Waals surface area contributed by atoms with Gasteiger partial charge in [-0.1, -0.05) is 29.8 Å². The van der Waals surface area contributed by atoms with Crippen LogP contribution in [0, 0.1) is 0 Å². The molecule has 1 unspecified atom stereocenters. The summed E-state index contributed by atoms with van der Waals surface area (Å²) < 4.78 is 16.2. The molecule has 0 saturated carbocycles. The molecule has 3 heterocycles. The number of halogens is 1. The first-order chi connectivity index (χ1) is 16.6. The number of H-pyrrole nitrogens is 1. The first kappa shape index (κ1) is 20.6. The van der Waals surface area contributed by atoms with E-state index < -0.39 is 0 Å². The standard InChI is InChI=1S/C26H20ClN3O4/c1-32-19-8-6-16(7-9-19)23-22-24(29-28-23)26(31)30(25(22)17-3-2-4-18(27)12-17)13-15-5-10-20-21(11-15)34-14-33-20/h2-12,25H,13-14H2,1H3,(H,28,29). The number of hydrogen-bond donors (Lipinski definition) is 1. The summed E-state index contributed by atoms with van der Waals surface area (Å²) >= 11 is 6.35. The largest absolute Gasteiger partial charge is 0.497 e. The lowest BCUT2D eigenvalue weighted by Crippen LogP contribution is -2.29. The summed E-state index contributed by atoms with van der Waals surface area (Å²) in [5.74, 6) is 2.02. The lowest BCUT2D eigenvalue weighted by atomic mass is 9.96. The van der Waals surface area contributed by atoms with Gasteiger partial charge in [-0.2, -0.15) is 5.10 Å². The van der Waals surface area contributed by atoms with E-state index in [-0.39, 0.29) is 18.7 Å². The van der Waals surface area contributed by atoms with Crippen LogP contribution in [0.5, 0.6) is 17.2 Å². The van der Waals surface area contributed by atoms with E-state index in [0.29, 0.717) is 28.8 Å². The van der Waals surface area contributed by atoms with Crippen LogP contribution < -0.4 is 14.2 Å². The summed E-state index contributed by atoms with van der Waals surface area (Å²) in [6.45, 7) is 0.589. The van der Waals surface area contributed by atoms with Crippen molar-refractivity contribution in [2.75, 3.05) is 13.9 Å². The quantitative estimate of drug-likeness (QED) is 0.430. The predicted molar refractivity (Wildman–Crippen MR) is 126 cm³/mol. The van der Waals surface area contributed by atoms with E-state index in [9.17, 15) is 4.79 Å². The predicted octanol–water partition coefficient (Wildman–Crippen LogP) is 5.21. The van der Waals surface area contributed by atoms with Crippen molar-refractivity contribution in [3.05, 3.63) is 94.1 Å². The molecule has 0 bridgehead atoms. The van der Waals surface area contributed by atoms with Crippen LogP contribution in [0.4, 0.5) is 0 Å². The molecule has 8 heteroatoms. The van der Waals surface area contributed by atoms with Gasteiger partial charge in [0.2, 0.25) is 6.79 Å². The van der Waals surface area contributed by atoms with Gasteiger partial charge in [0.15, 0.2) is 11.5 Å². The van der Waals surface area contributed by atoms with Crippen molar-refractivity contribution >= 4 is 17.5 Å². The maximum atomic E-state index is 13.6. The van der Waals surface area contributed by atoms with E-state index in [0.717, 1.165) is 33.7 Å². The molecule has 2 aliphatic heterocycles. The highest BCUT2D eigenvalue weighted by Gasteiger charge is 2.42. The van der Waals surface area contributed by atoms with Crippen molar-refractivity contribution < 1.29 is 19.0 Å². The van der Waals surface area contributed by atoms with Crippen molar-refractivity contribution in [1.29, 1.82) is 0 Å². The van der Waals surface area contributed by atoms with Crippen molar-refractivity contribution in [2.24, 2.45) is 0 Å². The number of methoxy groups -OCH3 is 1. The highest BCUT2D eigenvalue weighted by Crippen LogP contribution is 2.44. The van der Waals surface area contributed by atoms with Gasteiger partial charge < -0.3 is 19.1 Å². The van der Waals surface area contributed by atoms with E-state index in [2.05, 4.69) is 10.2 Å². The Morgan fingerprint density at radius 3 is 2.71 bits per heavy atom. The SMILES string of the molecule is COc1ccc(-c2n[nH]c3c2C(c2cccc(Cl)c2)N(Cc2ccc4c(c2)OCO4)C3=O)cc1. The van der Waals surface area contributed by atoms with Gasteiger partial charge in [-0.15, -0.1) is 0 Å². The average Bonchev–Trinajstić information content (AvgIpc) is 3.56. The molecule has 6 rings (SSSR count). The summed E-state index contributed by atoms with van der Waals surface area (Å²) in [5, 5.41) is 8.11. The summed E-state index contributed by atoms with van der Waals surface area (Å²) in [7, 11) is 1.63. The number of aromatic amines is 1.